The third kappa shape index (κ3) is 1.81. The molecule has 0 unspecified atom stereocenters. The van der Waals surface area contributed by atoms with Crippen molar-refractivity contribution in [2.75, 3.05) is 13.1 Å². The van der Waals surface area contributed by atoms with Crippen LogP contribution in [0.5, 0.6) is 5.75 Å². The Balaban J connectivity index is 1.71. The zero-order valence-electron chi connectivity index (χ0n) is 12.6. The zero-order chi connectivity index (χ0) is 13.9. The van der Waals surface area contributed by atoms with E-state index in [0.29, 0.717) is 17.7 Å². The number of phenolic OH excluding ortho intramolecular Hbond substituents is 1. The second-order valence-corrected chi connectivity index (χ2v) is 7.51. The molecule has 1 aromatic carbocycles. The lowest BCUT2D eigenvalue weighted by Gasteiger charge is -2.54. The fourth-order valence-corrected chi connectivity index (χ4v) is 4.55. The van der Waals surface area contributed by atoms with Crippen molar-refractivity contribution in [2.24, 2.45) is 11.8 Å². The quantitative estimate of drug-likeness (QED) is 0.892. The number of phenols is 1. The Hall–Kier alpha value is -1.02. The molecule has 1 aliphatic heterocycles. The Morgan fingerprint density at radius 2 is 2.15 bits per heavy atom. The molecule has 1 N–H and O–H groups in total. The number of aromatic hydroxyl groups is 1. The highest BCUT2D eigenvalue weighted by molar-refractivity contribution is 5.44. The molecule has 2 bridgehead atoms. The molecule has 2 nitrogen and oxygen atoms in total. The number of hydrogen-bond acceptors (Lipinski definition) is 2. The van der Waals surface area contributed by atoms with Gasteiger partial charge in [0.1, 0.15) is 5.75 Å². The lowest BCUT2D eigenvalue weighted by Crippen LogP contribution is -2.58. The monoisotopic (exact) mass is 271 g/mol. The molecular weight excluding hydrogens is 246 g/mol. The van der Waals surface area contributed by atoms with E-state index in [0.717, 1.165) is 5.92 Å². The van der Waals surface area contributed by atoms with Crippen molar-refractivity contribution in [1.82, 2.24) is 4.90 Å². The second-order valence-electron chi connectivity index (χ2n) is 7.51. The molecule has 3 atom stereocenters. The van der Waals surface area contributed by atoms with Crippen molar-refractivity contribution < 1.29 is 5.11 Å². The Morgan fingerprint density at radius 1 is 1.35 bits per heavy atom. The van der Waals surface area contributed by atoms with E-state index < -0.39 is 0 Å². The molecule has 0 aromatic heterocycles. The number of fused-ring (bicyclic) bond motifs is 4. The van der Waals surface area contributed by atoms with Gasteiger partial charge in [0.25, 0.3) is 0 Å². The summed E-state index contributed by atoms with van der Waals surface area (Å²) in [4.78, 5) is 2.76. The summed E-state index contributed by atoms with van der Waals surface area (Å²) < 4.78 is 0. The highest BCUT2D eigenvalue weighted by Gasteiger charge is 2.48. The first kappa shape index (κ1) is 12.7. The summed E-state index contributed by atoms with van der Waals surface area (Å²) in [5, 5.41) is 9.85. The third-order valence-electron chi connectivity index (χ3n) is 6.30. The average molecular weight is 271 g/mol. The van der Waals surface area contributed by atoms with Gasteiger partial charge in [-0.25, -0.2) is 0 Å². The molecule has 4 rings (SSSR count). The molecule has 2 fully saturated rings. The Morgan fingerprint density at radius 3 is 2.90 bits per heavy atom. The van der Waals surface area contributed by atoms with Crippen LogP contribution >= 0.6 is 0 Å². The van der Waals surface area contributed by atoms with Crippen LogP contribution in [0.15, 0.2) is 18.2 Å². The number of likely N-dealkylation sites (tertiary alicyclic amines) is 1. The van der Waals surface area contributed by atoms with Gasteiger partial charge in [0, 0.05) is 12.6 Å². The van der Waals surface area contributed by atoms with Gasteiger partial charge in [-0.2, -0.15) is 0 Å². The second kappa shape index (κ2) is 4.24. The van der Waals surface area contributed by atoms with E-state index in [-0.39, 0.29) is 5.41 Å². The molecule has 1 heterocycles. The van der Waals surface area contributed by atoms with Gasteiger partial charge >= 0.3 is 0 Å². The molecule has 0 amide bonds. The van der Waals surface area contributed by atoms with Crippen molar-refractivity contribution in [3.05, 3.63) is 29.3 Å². The van der Waals surface area contributed by atoms with Crippen molar-refractivity contribution in [1.29, 1.82) is 0 Å². The van der Waals surface area contributed by atoms with Crippen LogP contribution < -0.4 is 0 Å². The number of hydrogen-bond donors (Lipinski definition) is 1. The molecule has 1 saturated carbocycles. The fraction of sp³-hybridized carbons (Fsp3) is 0.667. The van der Waals surface area contributed by atoms with Crippen LogP contribution in [0.25, 0.3) is 0 Å². The predicted octanol–water partition coefficient (Wildman–Crippen LogP) is 3.33. The van der Waals surface area contributed by atoms with Crippen molar-refractivity contribution >= 4 is 0 Å². The largest absolute Gasteiger partial charge is 0.508 e. The minimum absolute atomic E-state index is 0.247. The normalized spacial score (nSPS) is 36.7. The highest BCUT2D eigenvalue weighted by atomic mass is 16.3. The van der Waals surface area contributed by atoms with Crippen LogP contribution in [0.1, 0.15) is 44.2 Å². The summed E-state index contributed by atoms with van der Waals surface area (Å²) in [6.07, 6.45) is 5.28. The minimum atomic E-state index is 0.247. The van der Waals surface area contributed by atoms with Crippen LogP contribution in [0, 0.1) is 11.8 Å². The van der Waals surface area contributed by atoms with E-state index in [1.807, 2.05) is 12.1 Å². The number of rotatable bonds is 2. The molecule has 0 radical (unpaired) electrons. The SMILES string of the molecule is C[C@H]1[C@@H]2Cc3ccc(O)cc3[C@@]1(C)CCN2CC1CC1. The summed E-state index contributed by atoms with van der Waals surface area (Å²) in [6.45, 7) is 7.39. The van der Waals surface area contributed by atoms with Crippen LogP contribution in [-0.4, -0.2) is 29.1 Å². The van der Waals surface area contributed by atoms with E-state index in [4.69, 9.17) is 0 Å². The number of piperidine rings is 1. The van der Waals surface area contributed by atoms with Gasteiger partial charge in [0.15, 0.2) is 0 Å². The minimum Gasteiger partial charge on any atom is -0.508 e. The Kier molecular flexibility index (Phi) is 2.69. The molecule has 1 aromatic rings. The van der Waals surface area contributed by atoms with Crippen LogP contribution in [0.4, 0.5) is 0 Å². The lowest BCUT2D eigenvalue weighted by molar-refractivity contribution is 0.0283. The number of nitrogens with zero attached hydrogens (tertiary/aromatic N) is 1. The van der Waals surface area contributed by atoms with Gasteiger partial charge in [0.2, 0.25) is 0 Å². The topological polar surface area (TPSA) is 23.5 Å². The van der Waals surface area contributed by atoms with Gasteiger partial charge in [-0.3, -0.25) is 4.90 Å². The van der Waals surface area contributed by atoms with Crippen molar-refractivity contribution in [3.8, 4) is 5.75 Å². The van der Waals surface area contributed by atoms with E-state index in [9.17, 15) is 5.11 Å². The first-order valence-corrected chi connectivity index (χ1v) is 8.14. The summed E-state index contributed by atoms with van der Waals surface area (Å²) >= 11 is 0. The summed E-state index contributed by atoms with van der Waals surface area (Å²) in [6, 6.07) is 6.74. The molecule has 0 spiro atoms. The number of benzene rings is 1. The van der Waals surface area contributed by atoms with Gasteiger partial charge in [-0.15, -0.1) is 0 Å². The summed E-state index contributed by atoms with van der Waals surface area (Å²) in [5.41, 5.74) is 3.12. The summed E-state index contributed by atoms with van der Waals surface area (Å²) in [7, 11) is 0. The third-order valence-corrected chi connectivity index (χ3v) is 6.30. The first-order chi connectivity index (χ1) is 9.58. The zero-order valence-corrected chi connectivity index (χ0v) is 12.6. The van der Waals surface area contributed by atoms with Gasteiger partial charge in [0.05, 0.1) is 0 Å². The molecular formula is C18H25NO. The van der Waals surface area contributed by atoms with E-state index in [1.165, 1.54) is 49.9 Å². The maximum Gasteiger partial charge on any atom is 0.115 e. The van der Waals surface area contributed by atoms with Gasteiger partial charge in [-0.05, 0) is 72.7 Å². The maximum atomic E-state index is 9.85. The van der Waals surface area contributed by atoms with Gasteiger partial charge < -0.3 is 5.11 Å². The van der Waals surface area contributed by atoms with Crippen LogP contribution in [0.3, 0.4) is 0 Å². The van der Waals surface area contributed by atoms with E-state index >= 15 is 0 Å². The Bertz CT molecular complexity index is 536. The smallest absolute Gasteiger partial charge is 0.115 e. The molecule has 2 heteroatoms. The molecule has 3 aliphatic rings. The van der Waals surface area contributed by atoms with Gasteiger partial charge in [-0.1, -0.05) is 19.9 Å². The summed E-state index contributed by atoms with van der Waals surface area (Å²) in [5.74, 6) is 2.09. The molecule has 20 heavy (non-hydrogen) atoms. The molecule has 2 aliphatic carbocycles. The fourth-order valence-electron chi connectivity index (χ4n) is 4.55. The molecule has 108 valence electrons. The van der Waals surface area contributed by atoms with Crippen molar-refractivity contribution in [2.45, 2.75) is 51.0 Å². The standard InChI is InChI=1S/C18H25NO/c1-12-17-9-14-5-6-15(20)10-16(14)18(12,2)7-8-19(17)11-13-3-4-13/h5-6,10,12-13,17,20H,3-4,7-9,11H2,1-2H3/t12-,17-,18-/m0/s1. The van der Waals surface area contributed by atoms with E-state index in [1.54, 1.807) is 0 Å². The molecule has 1 saturated heterocycles. The predicted molar refractivity (Wildman–Crippen MR) is 81.0 cm³/mol. The highest BCUT2D eigenvalue weighted by Crippen LogP contribution is 2.49. The Labute approximate surface area is 121 Å². The lowest BCUT2D eigenvalue weighted by atomic mass is 9.59. The van der Waals surface area contributed by atoms with E-state index in [2.05, 4.69) is 24.8 Å². The maximum absolute atomic E-state index is 9.85. The average Bonchev–Trinajstić information content (AvgIpc) is 3.22. The van der Waals surface area contributed by atoms with Crippen molar-refractivity contribution in [3.63, 3.8) is 0 Å². The first-order valence-electron chi connectivity index (χ1n) is 8.14. The van der Waals surface area contributed by atoms with Crippen LogP contribution in [-0.2, 0) is 11.8 Å². The van der Waals surface area contributed by atoms with Crippen LogP contribution in [0.2, 0.25) is 0 Å².